The maximum absolute atomic E-state index is 11.9. The molecule has 0 aliphatic rings. The van der Waals surface area contributed by atoms with Crippen molar-refractivity contribution < 1.29 is 4.79 Å². The van der Waals surface area contributed by atoms with Crippen LogP contribution in [0.2, 0.25) is 10.0 Å². The molecule has 0 unspecified atom stereocenters. The molecule has 0 heterocycles. The monoisotopic (exact) mass is 280 g/mol. The Morgan fingerprint density at radius 3 is 2.61 bits per heavy atom. The lowest BCUT2D eigenvalue weighted by Gasteiger charge is -2.16. The first-order valence-corrected chi connectivity index (χ1v) is 5.86. The van der Waals surface area contributed by atoms with Gasteiger partial charge in [-0.25, -0.2) is 0 Å². The third-order valence-electron chi connectivity index (χ3n) is 2.24. The van der Waals surface area contributed by atoms with Gasteiger partial charge in [-0.15, -0.1) is 6.42 Å². The molecular weight excluding hydrogens is 271 g/mol. The summed E-state index contributed by atoms with van der Waals surface area (Å²) in [5.74, 6) is 2.13. The average molecular weight is 281 g/mol. The van der Waals surface area contributed by atoms with Crippen LogP contribution in [0.5, 0.6) is 0 Å². The van der Waals surface area contributed by atoms with Crippen LogP contribution in [0, 0.1) is 23.7 Å². The molecule has 0 N–H and O–H groups in total. The molecule has 0 aromatic heterocycles. The molecule has 0 saturated heterocycles. The Labute approximate surface area is 116 Å². The number of carbonyl (C=O) groups is 1. The summed E-state index contributed by atoms with van der Waals surface area (Å²) >= 11 is 11.6. The Morgan fingerprint density at radius 1 is 1.33 bits per heavy atom. The summed E-state index contributed by atoms with van der Waals surface area (Å²) < 4.78 is 0. The molecule has 0 aliphatic heterocycles. The Hall–Kier alpha value is -1.68. The van der Waals surface area contributed by atoms with Crippen LogP contribution in [-0.2, 0) is 11.2 Å². The molecular formula is C13H10Cl2N2O. The first-order valence-electron chi connectivity index (χ1n) is 5.10. The van der Waals surface area contributed by atoms with E-state index in [1.54, 1.807) is 18.2 Å². The van der Waals surface area contributed by atoms with Crippen LogP contribution in [-0.4, -0.2) is 23.9 Å². The van der Waals surface area contributed by atoms with Crippen molar-refractivity contribution in [3.8, 4) is 18.4 Å². The van der Waals surface area contributed by atoms with Crippen molar-refractivity contribution >= 4 is 29.1 Å². The Morgan fingerprint density at radius 2 is 2.06 bits per heavy atom. The minimum absolute atomic E-state index is 0.0235. The molecule has 0 bridgehead atoms. The minimum Gasteiger partial charge on any atom is -0.318 e. The van der Waals surface area contributed by atoms with E-state index in [1.807, 2.05) is 6.07 Å². The van der Waals surface area contributed by atoms with Crippen LogP contribution in [0.25, 0.3) is 0 Å². The molecule has 1 aromatic rings. The van der Waals surface area contributed by atoms with E-state index < -0.39 is 0 Å². The average Bonchev–Trinajstić information content (AvgIpc) is 2.33. The number of hydrogen-bond donors (Lipinski definition) is 0. The van der Waals surface area contributed by atoms with Gasteiger partial charge in [-0.05, 0) is 17.7 Å². The molecule has 0 saturated carbocycles. The zero-order chi connectivity index (χ0) is 13.5. The summed E-state index contributed by atoms with van der Waals surface area (Å²) in [6, 6.07) is 6.87. The quantitative estimate of drug-likeness (QED) is 0.628. The van der Waals surface area contributed by atoms with Gasteiger partial charge in [-0.3, -0.25) is 4.79 Å². The van der Waals surface area contributed by atoms with Crippen LogP contribution >= 0.6 is 23.2 Å². The molecule has 0 spiro atoms. The second-order valence-corrected chi connectivity index (χ2v) is 4.35. The highest BCUT2D eigenvalue weighted by molar-refractivity contribution is 6.42. The number of carbonyl (C=O) groups excluding carboxylic acids is 1. The lowest BCUT2D eigenvalue weighted by molar-refractivity contribution is -0.129. The van der Waals surface area contributed by atoms with Gasteiger partial charge < -0.3 is 4.90 Å². The lowest BCUT2D eigenvalue weighted by atomic mass is 10.1. The van der Waals surface area contributed by atoms with E-state index >= 15 is 0 Å². The molecule has 18 heavy (non-hydrogen) atoms. The van der Waals surface area contributed by atoms with E-state index in [-0.39, 0.29) is 25.4 Å². The minimum atomic E-state index is -0.215. The smallest absolute Gasteiger partial charge is 0.228 e. The van der Waals surface area contributed by atoms with Crippen LogP contribution in [0.4, 0.5) is 0 Å². The predicted octanol–water partition coefficient (Wildman–Crippen LogP) is 2.52. The Bertz CT molecular complexity index is 513. The van der Waals surface area contributed by atoms with Crippen molar-refractivity contribution in [1.82, 2.24) is 4.90 Å². The third-order valence-corrected chi connectivity index (χ3v) is 2.97. The topological polar surface area (TPSA) is 44.1 Å². The zero-order valence-electron chi connectivity index (χ0n) is 9.49. The zero-order valence-corrected chi connectivity index (χ0v) is 11.0. The van der Waals surface area contributed by atoms with Gasteiger partial charge >= 0.3 is 0 Å². The molecule has 0 atom stereocenters. The number of nitrogens with zero attached hydrogens (tertiary/aromatic N) is 2. The van der Waals surface area contributed by atoms with E-state index in [2.05, 4.69) is 5.92 Å². The second kappa shape index (κ2) is 6.91. The Kier molecular flexibility index (Phi) is 5.52. The highest BCUT2D eigenvalue weighted by atomic mass is 35.5. The fourth-order valence-corrected chi connectivity index (χ4v) is 1.68. The van der Waals surface area contributed by atoms with Gasteiger partial charge in [0.25, 0.3) is 0 Å². The van der Waals surface area contributed by atoms with E-state index in [0.29, 0.717) is 10.0 Å². The van der Waals surface area contributed by atoms with Gasteiger partial charge in [-0.2, -0.15) is 5.26 Å². The van der Waals surface area contributed by atoms with Crippen LogP contribution in [0.1, 0.15) is 5.56 Å². The van der Waals surface area contributed by atoms with Gasteiger partial charge in [0.15, 0.2) is 0 Å². The van der Waals surface area contributed by atoms with E-state index in [4.69, 9.17) is 34.9 Å². The van der Waals surface area contributed by atoms with E-state index in [9.17, 15) is 4.79 Å². The van der Waals surface area contributed by atoms with Crippen molar-refractivity contribution in [2.45, 2.75) is 6.42 Å². The maximum atomic E-state index is 11.9. The fraction of sp³-hybridized carbons (Fsp3) is 0.231. The number of terminal acetylenes is 1. The van der Waals surface area contributed by atoms with Gasteiger partial charge in [0.2, 0.25) is 5.91 Å². The van der Waals surface area contributed by atoms with Crippen molar-refractivity contribution in [1.29, 1.82) is 5.26 Å². The third kappa shape index (κ3) is 3.96. The lowest BCUT2D eigenvalue weighted by Crippen LogP contribution is -2.33. The number of hydrogen-bond acceptors (Lipinski definition) is 2. The first kappa shape index (κ1) is 14.4. The summed E-state index contributed by atoms with van der Waals surface area (Å²) in [5, 5.41) is 9.44. The SMILES string of the molecule is C#CCN(CC#N)C(=O)Cc1ccc(Cl)c(Cl)c1. The molecule has 0 aliphatic carbocycles. The number of rotatable bonds is 4. The number of benzene rings is 1. The highest BCUT2D eigenvalue weighted by Gasteiger charge is 2.13. The highest BCUT2D eigenvalue weighted by Crippen LogP contribution is 2.22. The molecule has 5 heteroatoms. The fourth-order valence-electron chi connectivity index (χ4n) is 1.36. The summed E-state index contributed by atoms with van der Waals surface area (Å²) in [5.41, 5.74) is 0.731. The van der Waals surface area contributed by atoms with Crippen LogP contribution in [0.15, 0.2) is 18.2 Å². The van der Waals surface area contributed by atoms with Crippen molar-refractivity contribution in [2.75, 3.05) is 13.1 Å². The summed E-state index contributed by atoms with van der Waals surface area (Å²) in [7, 11) is 0. The van der Waals surface area contributed by atoms with Gasteiger partial charge in [0.05, 0.1) is 29.1 Å². The van der Waals surface area contributed by atoms with E-state index in [1.165, 1.54) is 4.90 Å². The summed E-state index contributed by atoms with van der Waals surface area (Å²) in [6.07, 6.45) is 5.28. The van der Waals surface area contributed by atoms with Gasteiger partial charge in [0, 0.05) is 0 Å². The Balaban J connectivity index is 2.77. The van der Waals surface area contributed by atoms with Crippen molar-refractivity contribution in [2.24, 2.45) is 0 Å². The molecule has 0 radical (unpaired) electrons. The molecule has 1 rings (SSSR count). The van der Waals surface area contributed by atoms with Crippen LogP contribution < -0.4 is 0 Å². The molecule has 1 aromatic carbocycles. The molecule has 92 valence electrons. The first-order chi connectivity index (χ1) is 8.58. The van der Waals surface area contributed by atoms with Gasteiger partial charge in [-0.1, -0.05) is 35.2 Å². The molecule has 0 fully saturated rings. The maximum Gasteiger partial charge on any atom is 0.228 e. The predicted molar refractivity (Wildman–Crippen MR) is 71.2 cm³/mol. The number of halogens is 2. The summed E-state index contributed by atoms with van der Waals surface area (Å²) in [6.45, 7) is 0.0953. The molecule has 3 nitrogen and oxygen atoms in total. The standard InChI is InChI=1S/C13H10Cl2N2O/c1-2-6-17(7-5-16)13(18)9-10-3-4-11(14)12(15)8-10/h1,3-4,8H,6-7,9H2. The van der Waals surface area contributed by atoms with Crippen molar-refractivity contribution in [3.05, 3.63) is 33.8 Å². The normalized spacial score (nSPS) is 9.33. The number of nitriles is 1. The number of amides is 1. The largest absolute Gasteiger partial charge is 0.318 e. The second-order valence-electron chi connectivity index (χ2n) is 3.54. The summed E-state index contributed by atoms with van der Waals surface area (Å²) in [4.78, 5) is 13.2. The van der Waals surface area contributed by atoms with Gasteiger partial charge in [0.1, 0.15) is 6.54 Å². The van der Waals surface area contributed by atoms with E-state index in [0.717, 1.165) is 5.56 Å². The van der Waals surface area contributed by atoms with Crippen LogP contribution in [0.3, 0.4) is 0 Å². The molecule has 1 amide bonds. The van der Waals surface area contributed by atoms with Crippen molar-refractivity contribution in [3.63, 3.8) is 0 Å².